The lowest BCUT2D eigenvalue weighted by atomic mass is 10.1. The standard InChI is InChI=1S/C18H32N6O2.HI/c1-8-19-16(20-9-15-12(2)22-23(7)13(15)3)21-14-10-24(11-14)17(25)26-18(4,5)6;/h14H,8-11H2,1-7H3,(H2,19,20,21);1H. The fourth-order valence-corrected chi connectivity index (χ4v) is 2.76. The van der Waals surface area contributed by atoms with Gasteiger partial charge in [-0.05, 0) is 41.5 Å². The molecule has 8 nitrogen and oxygen atoms in total. The topological polar surface area (TPSA) is 83.8 Å². The van der Waals surface area contributed by atoms with Crippen LogP contribution in [0.15, 0.2) is 4.99 Å². The highest BCUT2D eigenvalue weighted by molar-refractivity contribution is 14.0. The maximum absolute atomic E-state index is 12.0. The van der Waals surface area contributed by atoms with Crippen LogP contribution >= 0.6 is 24.0 Å². The van der Waals surface area contributed by atoms with Gasteiger partial charge in [-0.1, -0.05) is 0 Å². The Hall–Kier alpha value is -1.52. The van der Waals surface area contributed by atoms with Crippen molar-refractivity contribution in [2.75, 3.05) is 19.6 Å². The normalized spacial score (nSPS) is 15.1. The summed E-state index contributed by atoms with van der Waals surface area (Å²) in [5, 5.41) is 11.1. The van der Waals surface area contributed by atoms with Gasteiger partial charge in [0.2, 0.25) is 0 Å². The van der Waals surface area contributed by atoms with Crippen molar-refractivity contribution in [3.05, 3.63) is 17.0 Å². The molecule has 2 heterocycles. The molecule has 0 spiro atoms. The second kappa shape index (κ2) is 9.61. The number of hydrogen-bond acceptors (Lipinski definition) is 4. The van der Waals surface area contributed by atoms with Gasteiger partial charge in [-0.2, -0.15) is 5.10 Å². The summed E-state index contributed by atoms with van der Waals surface area (Å²) in [6.07, 6.45) is -0.265. The van der Waals surface area contributed by atoms with Crippen LogP contribution in [0.1, 0.15) is 44.6 Å². The SMILES string of the molecule is CCNC(=NCc1c(C)nn(C)c1C)NC1CN(C(=O)OC(C)(C)C)C1.I. The largest absolute Gasteiger partial charge is 0.444 e. The lowest BCUT2D eigenvalue weighted by Crippen LogP contribution is -2.63. The second-order valence-electron chi connectivity index (χ2n) is 7.69. The zero-order valence-corrected chi connectivity index (χ0v) is 19.7. The van der Waals surface area contributed by atoms with Gasteiger partial charge in [-0.3, -0.25) is 4.68 Å². The number of nitrogens with zero attached hydrogens (tertiary/aromatic N) is 4. The summed E-state index contributed by atoms with van der Waals surface area (Å²) in [7, 11) is 1.94. The fourth-order valence-electron chi connectivity index (χ4n) is 2.76. The van der Waals surface area contributed by atoms with Gasteiger partial charge >= 0.3 is 6.09 Å². The van der Waals surface area contributed by atoms with Gasteiger partial charge in [-0.15, -0.1) is 24.0 Å². The summed E-state index contributed by atoms with van der Waals surface area (Å²) in [5.74, 6) is 0.754. The maximum atomic E-state index is 12.0. The number of guanidine groups is 1. The van der Waals surface area contributed by atoms with Crippen LogP contribution in [-0.2, 0) is 18.3 Å². The lowest BCUT2D eigenvalue weighted by molar-refractivity contribution is 0.00701. The molecule has 0 unspecified atom stereocenters. The second-order valence-corrected chi connectivity index (χ2v) is 7.69. The van der Waals surface area contributed by atoms with Gasteiger partial charge in [0.05, 0.1) is 18.3 Å². The van der Waals surface area contributed by atoms with Gasteiger partial charge < -0.3 is 20.3 Å². The highest BCUT2D eigenvalue weighted by Gasteiger charge is 2.34. The third kappa shape index (κ3) is 6.54. The van der Waals surface area contributed by atoms with Crippen LogP contribution in [0.4, 0.5) is 4.79 Å². The summed E-state index contributed by atoms with van der Waals surface area (Å²) in [6.45, 7) is 14.3. The summed E-state index contributed by atoms with van der Waals surface area (Å²) < 4.78 is 7.26. The van der Waals surface area contributed by atoms with Crippen LogP contribution in [0, 0.1) is 13.8 Å². The number of rotatable bonds is 4. The van der Waals surface area contributed by atoms with Crippen LogP contribution in [0.2, 0.25) is 0 Å². The van der Waals surface area contributed by atoms with Crippen molar-refractivity contribution < 1.29 is 9.53 Å². The number of aliphatic imine (C=N–C) groups is 1. The molecule has 154 valence electrons. The van der Waals surface area contributed by atoms with Crippen molar-refractivity contribution in [3.8, 4) is 0 Å². The van der Waals surface area contributed by atoms with Gasteiger partial charge in [0.1, 0.15) is 5.60 Å². The Bertz CT molecular complexity index is 674. The molecule has 27 heavy (non-hydrogen) atoms. The molecule has 2 N–H and O–H groups in total. The molecule has 9 heteroatoms. The zero-order valence-electron chi connectivity index (χ0n) is 17.4. The molecule has 0 aliphatic carbocycles. The van der Waals surface area contributed by atoms with E-state index in [-0.39, 0.29) is 36.1 Å². The minimum Gasteiger partial charge on any atom is -0.444 e. The molecule has 1 aliphatic heterocycles. The number of amides is 1. The third-order valence-corrected chi connectivity index (χ3v) is 4.27. The van der Waals surface area contributed by atoms with Gasteiger partial charge in [-0.25, -0.2) is 9.79 Å². The summed E-state index contributed by atoms with van der Waals surface area (Å²) in [5.41, 5.74) is 2.81. The Balaban J connectivity index is 0.00000364. The summed E-state index contributed by atoms with van der Waals surface area (Å²) >= 11 is 0. The molecular formula is C18H33IN6O2. The number of aryl methyl sites for hydroxylation is 2. The minimum absolute atomic E-state index is 0. The number of aromatic nitrogens is 2. The number of halogens is 1. The molecular weight excluding hydrogens is 459 g/mol. The first-order valence-corrected chi connectivity index (χ1v) is 9.12. The van der Waals surface area contributed by atoms with Crippen molar-refractivity contribution in [1.82, 2.24) is 25.3 Å². The Morgan fingerprint density at radius 2 is 1.96 bits per heavy atom. The predicted molar refractivity (Wildman–Crippen MR) is 118 cm³/mol. The van der Waals surface area contributed by atoms with Crippen molar-refractivity contribution in [3.63, 3.8) is 0 Å². The highest BCUT2D eigenvalue weighted by Crippen LogP contribution is 2.16. The molecule has 1 saturated heterocycles. The Kier molecular flexibility index (Phi) is 8.37. The van der Waals surface area contributed by atoms with Gasteiger partial charge in [0, 0.05) is 37.9 Å². The van der Waals surface area contributed by atoms with E-state index in [4.69, 9.17) is 4.74 Å². The summed E-state index contributed by atoms with van der Waals surface area (Å²) in [6, 6.07) is 0.177. The van der Waals surface area contributed by atoms with Crippen molar-refractivity contribution in [2.45, 2.75) is 59.7 Å². The van der Waals surface area contributed by atoms with E-state index in [9.17, 15) is 4.79 Å². The van der Waals surface area contributed by atoms with Crippen LogP contribution in [0.5, 0.6) is 0 Å². The molecule has 1 aromatic heterocycles. The van der Waals surface area contributed by atoms with Crippen molar-refractivity contribution >= 4 is 36.0 Å². The van der Waals surface area contributed by atoms with Crippen LogP contribution < -0.4 is 10.6 Å². The van der Waals surface area contributed by atoms with Crippen molar-refractivity contribution in [1.29, 1.82) is 0 Å². The zero-order chi connectivity index (χ0) is 19.5. The number of carbonyl (C=O) groups excluding carboxylic acids is 1. The first kappa shape index (κ1) is 23.5. The third-order valence-electron chi connectivity index (χ3n) is 4.27. The maximum Gasteiger partial charge on any atom is 0.410 e. The van der Waals surface area contributed by atoms with E-state index in [1.807, 2.05) is 46.3 Å². The number of hydrogen-bond donors (Lipinski definition) is 2. The van der Waals surface area contributed by atoms with E-state index in [1.165, 1.54) is 0 Å². The van der Waals surface area contributed by atoms with E-state index in [0.717, 1.165) is 29.5 Å². The van der Waals surface area contributed by atoms with E-state index in [0.29, 0.717) is 19.6 Å². The lowest BCUT2D eigenvalue weighted by Gasteiger charge is -2.40. The monoisotopic (exact) mass is 492 g/mol. The molecule has 0 atom stereocenters. The van der Waals surface area contributed by atoms with Gasteiger partial charge in [0.15, 0.2) is 5.96 Å². The predicted octanol–water partition coefficient (Wildman–Crippen LogP) is 2.33. The number of ether oxygens (including phenoxy) is 1. The first-order chi connectivity index (χ1) is 12.1. The van der Waals surface area contributed by atoms with Crippen LogP contribution in [0.25, 0.3) is 0 Å². The highest BCUT2D eigenvalue weighted by atomic mass is 127. The van der Waals surface area contributed by atoms with Crippen LogP contribution in [-0.4, -0.2) is 58.0 Å². The molecule has 1 amide bonds. The molecule has 2 rings (SSSR count). The fraction of sp³-hybridized carbons (Fsp3) is 0.722. The average molecular weight is 492 g/mol. The summed E-state index contributed by atoms with van der Waals surface area (Å²) in [4.78, 5) is 18.4. The molecule has 1 fully saturated rings. The molecule has 0 radical (unpaired) electrons. The number of nitrogens with one attached hydrogen (secondary N) is 2. The first-order valence-electron chi connectivity index (χ1n) is 9.12. The van der Waals surface area contributed by atoms with E-state index in [2.05, 4.69) is 27.6 Å². The van der Waals surface area contributed by atoms with Crippen molar-refractivity contribution in [2.24, 2.45) is 12.0 Å². The van der Waals surface area contributed by atoms with E-state index < -0.39 is 5.60 Å². The average Bonchev–Trinajstić information content (AvgIpc) is 2.71. The molecule has 1 aromatic rings. The molecule has 0 aromatic carbocycles. The minimum atomic E-state index is -0.467. The van der Waals surface area contributed by atoms with E-state index in [1.54, 1.807) is 4.90 Å². The smallest absolute Gasteiger partial charge is 0.410 e. The molecule has 0 bridgehead atoms. The Labute approximate surface area is 179 Å². The quantitative estimate of drug-likeness (QED) is 0.383. The number of carbonyl (C=O) groups is 1. The van der Waals surface area contributed by atoms with Gasteiger partial charge in [0.25, 0.3) is 0 Å². The Morgan fingerprint density at radius 1 is 1.33 bits per heavy atom. The Morgan fingerprint density at radius 3 is 2.44 bits per heavy atom. The molecule has 1 aliphatic rings. The number of likely N-dealkylation sites (tertiary alicyclic amines) is 1. The van der Waals surface area contributed by atoms with Crippen LogP contribution in [0.3, 0.4) is 0 Å². The molecule has 0 saturated carbocycles. The van der Waals surface area contributed by atoms with E-state index >= 15 is 0 Å².